The molecule has 1 heterocycles. The number of halogens is 3. The number of carbonyl (C=O) groups is 1. The summed E-state index contributed by atoms with van der Waals surface area (Å²) in [7, 11) is 0. The van der Waals surface area contributed by atoms with Crippen molar-refractivity contribution in [3.63, 3.8) is 0 Å². The third-order valence-electron chi connectivity index (χ3n) is 2.56. The number of amides is 1. The van der Waals surface area contributed by atoms with Crippen molar-refractivity contribution in [2.75, 3.05) is 6.54 Å². The van der Waals surface area contributed by atoms with E-state index in [1.54, 1.807) is 24.3 Å². The molecule has 0 bridgehead atoms. The Morgan fingerprint density at radius 2 is 2.05 bits per heavy atom. The Bertz CT molecular complexity index is 591. The second-order valence-electron chi connectivity index (χ2n) is 3.91. The summed E-state index contributed by atoms with van der Waals surface area (Å²) in [6.07, 6.45) is -6.18. The lowest BCUT2D eigenvalue weighted by atomic mass is 10.1. The molecule has 102 valence electrons. The largest absolute Gasteiger partial charge is 0.463 e. The van der Waals surface area contributed by atoms with Gasteiger partial charge in [-0.05, 0) is 6.07 Å². The average Bonchev–Trinajstić information content (AvgIpc) is 2.78. The van der Waals surface area contributed by atoms with Crippen LogP contribution in [0.1, 0.15) is 10.4 Å². The highest BCUT2D eigenvalue weighted by molar-refractivity contribution is 6.05. The van der Waals surface area contributed by atoms with Gasteiger partial charge in [0.1, 0.15) is 11.8 Å². The maximum atomic E-state index is 12.1. The monoisotopic (exact) mass is 273 g/mol. The van der Waals surface area contributed by atoms with Crippen LogP contribution in [0.4, 0.5) is 13.2 Å². The van der Waals surface area contributed by atoms with Crippen LogP contribution in [-0.2, 0) is 0 Å². The van der Waals surface area contributed by atoms with Crippen LogP contribution in [0.2, 0.25) is 0 Å². The van der Waals surface area contributed by atoms with Gasteiger partial charge < -0.3 is 14.8 Å². The molecule has 0 aliphatic heterocycles. The van der Waals surface area contributed by atoms with Gasteiger partial charge in [-0.3, -0.25) is 4.79 Å². The van der Waals surface area contributed by atoms with E-state index in [-0.39, 0.29) is 5.56 Å². The van der Waals surface area contributed by atoms with Crippen LogP contribution >= 0.6 is 0 Å². The minimum atomic E-state index is -4.76. The van der Waals surface area contributed by atoms with Gasteiger partial charge in [-0.2, -0.15) is 13.2 Å². The Balaban J connectivity index is 2.09. The first-order chi connectivity index (χ1) is 8.89. The number of furan rings is 1. The number of hydrogen-bond donors (Lipinski definition) is 2. The lowest BCUT2D eigenvalue weighted by Gasteiger charge is -2.14. The Labute approximate surface area is 105 Å². The molecule has 0 saturated heterocycles. The highest BCUT2D eigenvalue weighted by atomic mass is 19.4. The molecule has 7 heteroatoms. The molecule has 2 N–H and O–H groups in total. The average molecular weight is 273 g/mol. The lowest BCUT2D eigenvalue weighted by molar-refractivity contribution is -0.201. The number of rotatable bonds is 3. The fourth-order valence-electron chi connectivity index (χ4n) is 1.55. The SMILES string of the molecule is O=C(NCC(O)C(F)(F)F)c1coc2ccccc12. The minimum absolute atomic E-state index is 0.130. The van der Waals surface area contributed by atoms with E-state index in [1.807, 2.05) is 5.32 Å². The molecule has 2 aromatic rings. The van der Waals surface area contributed by atoms with E-state index >= 15 is 0 Å². The molecule has 0 radical (unpaired) electrons. The molecule has 1 aromatic carbocycles. The summed E-state index contributed by atoms with van der Waals surface area (Å²) in [6.45, 7) is -0.901. The van der Waals surface area contributed by atoms with Gasteiger partial charge in [0.2, 0.25) is 0 Å². The summed E-state index contributed by atoms with van der Waals surface area (Å²) in [5.74, 6) is -0.728. The van der Waals surface area contributed by atoms with Gasteiger partial charge in [0.15, 0.2) is 6.10 Å². The van der Waals surface area contributed by atoms with Gasteiger partial charge in [0.05, 0.1) is 12.1 Å². The quantitative estimate of drug-likeness (QED) is 0.900. The van der Waals surface area contributed by atoms with Crippen molar-refractivity contribution in [2.24, 2.45) is 0 Å². The topological polar surface area (TPSA) is 62.5 Å². The molecule has 0 aliphatic rings. The zero-order valence-electron chi connectivity index (χ0n) is 9.57. The maximum Gasteiger partial charge on any atom is 0.416 e. The number of alkyl halides is 3. The molecule has 0 aliphatic carbocycles. The number of carbonyl (C=O) groups excluding carboxylic acids is 1. The molecular weight excluding hydrogens is 263 g/mol. The van der Waals surface area contributed by atoms with Crippen molar-refractivity contribution in [3.05, 3.63) is 36.1 Å². The third kappa shape index (κ3) is 2.87. The predicted molar refractivity (Wildman–Crippen MR) is 60.6 cm³/mol. The van der Waals surface area contributed by atoms with Crippen LogP contribution in [0.25, 0.3) is 11.0 Å². The van der Waals surface area contributed by atoms with E-state index < -0.39 is 24.7 Å². The van der Waals surface area contributed by atoms with Gasteiger partial charge in [-0.25, -0.2) is 0 Å². The molecule has 2 rings (SSSR count). The van der Waals surface area contributed by atoms with E-state index in [4.69, 9.17) is 9.52 Å². The first-order valence-corrected chi connectivity index (χ1v) is 5.39. The highest BCUT2D eigenvalue weighted by Crippen LogP contribution is 2.21. The molecule has 1 atom stereocenters. The highest BCUT2D eigenvalue weighted by Gasteiger charge is 2.38. The zero-order valence-corrected chi connectivity index (χ0v) is 9.57. The summed E-state index contributed by atoms with van der Waals surface area (Å²) < 4.78 is 41.3. The lowest BCUT2D eigenvalue weighted by Crippen LogP contribution is -2.40. The van der Waals surface area contributed by atoms with Gasteiger partial charge in [0, 0.05) is 5.39 Å². The zero-order chi connectivity index (χ0) is 14.0. The summed E-state index contributed by atoms with van der Waals surface area (Å²) in [6, 6.07) is 6.64. The fraction of sp³-hybridized carbons (Fsp3) is 0.250. The molecule has 0 saturated carbocycles. The van der Waals surface area contributed by atoms with Crippen molar-refractivity contribution < 1.29 is 27.5 Å². The number of aliphatic hydroxyl groups is 1. The van der Waals surface area contributed by atoms with Gasteiger partial charge in [-0.1, -0.05) is 18.2 Å². The van der Waals surface area contributed by atoms with Crippen LogP contribution < -0.4 is 5.32 Å². The summed E-state index contributed by atoms with van der Waals surface area (Å²) in [5.41, 5.74) is 0.592. The van der Waals surface area contributed by atoms with E-state index in [9.17, 15) is 18.0 Å². The number of hydrogen-bond acceptors (Lipinski definition) is 3. The molecule has 0 fully saturated rings. The normalized spacial score (nSPS) is 13.5. The third-order valence-corrected chi connectivity index (χ3v) is 2.56. The second-order valence-corrected chi connectivity index (χ2v) is 3.91. The number of para-hydroxylation sites is 1. The fourth-order valence-corrected chi connectivity index (χ4v) is 1.55. The van der Waals surface area contributed by atoms with Crippen molar-refractivity contribution >= 4 is 16.9 Å². The Kier molecular flexibility index (Phi) is 3.48. The number of fused-ring (bicyclic) bond motifs is 1. The van der Waals surface area contributed by atoms with E-state index in [0.29, 0.717) is 11.0 Å². The minimum Gasteiger partial charge on any atom is -0.463 e. The Morgan fingerprint density at radius 1 is 1.37 bits per heavy atom. The van der Waals surface area contributed by atoms with E-state index in [0.717, 1.165) is 0 Å². The summed E-state index contributed by atoms with van der Waals surface area (Å²) in [4.78, 5) is 11.7. The van der Waals surface area contributed by atoms with E-state index in [2.05, 4.69) is 0 Å². The predicted octanol–water partition coefficient (Wildman–Crippen LogP) is 2.09. The maximum absolute atomic E-state index is 12.1. The Hall–Kier alpha value is -2.02. The first kappa shape index (κ1) is 13.4. The first-order valence-electron chi connectivity index (χ1n) is 5.39. The van der Waals surface area contributed by atoms with Crippen molar-refractivity contribution in [2.45, 2.75) is 12.3 Å². The second kappa shape index (κ2) is 4.93. The number of benzene rings is 1. The summed E-state index contributed by atoms with van der Waals surface area (Å²) >= 11 is 0. The van der Waals surface area contributed by atoms with Crippen LogP contribution in [0, 0.1) is 0 Å². The number of aliphatic hydroxyl groups excluding tert-OH is 1. The molecule has 19 heavy (non-hydrogen) atoms. The van der Waals surface area contributed by atoms with Crippen LogP contribution in [0.5, 0.6) is 0 Å². The standard InChI is InChI=1S/C12H10F3NO3/c13-12(14,15)10(17)5-16-11(18)8-6-19-9-4-2-1-3-7(8)9/h1-4,6,10,17H,5H2,(H,16,18). The molecule has 1 unspecified atom stereocenters. The van der Waals surface area contributed by atoms with Gasteiger partial charge >= 0.3 is 6.18 Å². The van der Waals surface area contributed by atoms with Crippen molar-refractivity contribution in [1.29, 1.82) is 0 Å². The number of nitrogens with one attached hydrogen (secondary N) is 1. The van der Waals surface area contributed by atoms with Crippen LogP contribution in [0.15, 0.2) is 34.9 Å². The molecule has 1 amide bonds. The van der Waals surface area contributed by atoms with Crippen LogP contribution in [-0.4, -0.2) is 29.8 Å². The van der Waals surface area contributed by atoms with Gasteiger partial charge in [0.25, 0.3) is 5.91 Å². The van der Waals surface area contributed by atoms with Crippen molar-refractivity contribution in [3.8, 4) is 0 Å². The van der Waals surface area contributed by atoms with Crippen LogP contribution in [0.3, 0.4) is 0 Å². The smallest absolute Gasteiger partial charge is 0.416 e. The van der Waals surface area contributed by atoms with E-state index in [1.165, 1.54) is 6.26 Å². The van der Waals surface area contributed by atoms with Crippen molar-refractivity contribution in [1.82, 2.24) is 5.32 Å². The van der Waals surface area contributed by atoms with Gasteiger partial charge in [-0.15, -0.1) is 0 Å². The summed E-state index contributed by atoms with van der Waals surface area (Å²) in [5, 5.41) is 11.3. The molecule has 4 nitrogen and oxygen atoms in total. The Morgan fingerprint density at radius 3 is 2.74 bits per heavy atom. The molecule has 1 aromatic heterocycles. The molecular formula is C12H10F3NO3. The molecule has 0 spiro atoms.